The van der Waals surface area contributed by atoms with Crippen LogP contribution in [0.3, 0.4) is 0 Å². The van der Waals surface area contributed by atoms with Crippen LogP contribution in [0, 0.1) is 13.8 Å². The lowest BCUT2D eigenvalue weighted by Crippen LogP contribution is -2.32. The van der Waals surface area contributed by atoms with Crippen molar-refractivity contribution in [3.63, 3.8) is 0 Å². The highest BCUT2D eigenvalue weighted by atomic mass is 16.5. The first kappa shape index (κ1) is 25.1. The topological polar surface area (TPSA) is 90.3 Å². The Labute approximate surface area is 200 Å². The Balaban J connectivity index is 2.11. The zero-order valence-electron chi connectivity index (χ0n) is 20.2. The Morgan fingerprint density at radius 2 is 1.79 bits per heavy atom. The normalized spacial score (nSPS) is 17.4. The van der Waals surface area contributed by atoms with E-state index in [1.807, 2.05) is 32.8 Å². The predicted molar refractivity (Wildman–Crippen MR) is 132 cm³/mol. The van der Waals surface area contributed by atoms with Crippen LogP contribution in [-0.4, -0.2) is 65.5 Å². The Kier molecular flexibility index (Phi) is 7.79. The number of rotatable bonds is 9. The van der Waals surface area contributed by atoms with Crippen molar-refractivity contribution >= 4 is 17.4 Å². The fourth-order valence-corrected chi connectivity index (χ4v) is 4.05. The third-order valence-electron chi connectivity index (χ3n) is 5.98. The van der Waals surface area contributed by atoms with E-state index in [1.165, 1.54) is 11.0 Å². The maximum atomic E-state index is 13.1. The molecule has 0 saturated carbocycles. The van der Waals surface area contributed by atoms with Gasteiger partial charge in [0.25, 0.3) is 11.7 Å². The summed E-state index contributed by atoms with van der Waals surface area (Å²) >= 11 is 0. The van der Waals surface area contributed by atoms with Gasteiger partial charge in [0.15, 0.2) is 0 Å². The van der Waals surface area contributed by atoms with E-state index in [9.17, 15) is 19.8 Å². The highest BCUT2D eigenvalue weighted by Gasteiger charge is 2.46. The minimum absolute atomic E-state index is 0.0341. The number of hydrogen-bond acceptors (Lipinski definition) is 6. The summed E-state index contributed by atoms with van der Waals surface area (Å²) in [4.78, 5) is 29.7. The fraction of sp³-hybridized carbons (Fsp3) is 0.333. The summed E-state index contributed by atoms with van der Waals surface area (Å²) in [5, 5.41) is 21.7. The number of aryl methyl sites for hydroxylation is 2. The van der Waals surface area contributed by atoms with Crippen LogP contribution >= 0.6 is 0 Å². The van der Waals surface area contributed by atoms with Gasteiger partial charge in [0, 0.05) is 6.54 Å². The number of aromatic hydroxyl groups is 1. The molecule has 1 fully saturated rings. The molecule has 1 amide bonds. The Morgan fingerprint density at radius 1 is 1.15 bits per heavy atom. The molecule has 1 heterocycles. The van der Waals surface area contributed by atoms with Crippen molar-refractivity contribution < 1.29 is 24.5 Å². The van der Waals surface area contributed by atoms with E-state index in [-0.39, 0.29) is 22.6 Å². The molecule has 1 aliphatic rings. The van der Waals surface area contributed by atoms with Gasteiger partial charge in [0.1, 0.15) is 23.9 Å². The van der Waals surface area contributed by atoms with Crippen molar-refractivity contribution in [2.24, 2.45) is 0 Å². The number of ketones is 1. The van der Waals surface area contributed by atoms with Crippen LogP contribution < -0.4 is 4.74 Å². The number of hydrogen-bond donors (Lipinski definition) is 2. The Bertz CT molecular complexity index is 1120. The molecule has 180 valence electrons. The second kappa shape index (κ2) is 10.6. The minimum atomic E-state index is -0.781. The Hall–Kier alpha value is -3.58. The van der Waals surface area contributed by atoms with Crippen molar-refractivity contribution in [1.82, 2.24) is 9.80 Å². The maximum Gasteiger partial charge on any atom is 0.295 e. The van der Waals surface area contributed by atoms with E-state index in [2.05, 4.69) is 6.58 Å². The predicted octanol–water partition coefficient (Wildman–Crippen LogP) is 3.95. The van der Waals surface area contributed by atoms with Crippen LogP contribution in [0.15, 0.2) is 54.6 Å². The van der Waals surface area contributed by atoms with Crippen LogP contribution in [0.5, 0.6) is 11.5 Å². The molecule has 0 radical (unpaired) electrons. The van der Waals surface area contributed by atoms with Crippen molar-refractivity contribution in [2.45, 2.75) is 26.3 Å². The summed E-state index contributed by atoms with van der Waals surface area (Å²) in [6.45, 7) is 8.77. The monoisotopic (exact) mass is 464 g/mol. The van der Waals surface area contributed by atoms with Crippen molar-refractivity contribution in [2.75, 3.05) is 33.8 Å². The van der Waals surface area contributed by atoms with Crippen LogP contribution in [-0.2, 0) is 9.59 Å². The standard InChI is InChI=1S/C27H32N2O5/c1-6-14-34-20-10-8-19(9-11-20)24-23(25(31)21-15-17(2)18(3)16-22(21)30)26(32)27(33)29(24)13-7-12-28(4)5/h6,8-11,15-16,24,30-31H,1,7,12-14H2,2-5H3/t24-/m1/s1. The van der Waals surface area contributed by atoms with Crippen molar-refractivity contribution in [1.29, 1.82) is 0 Å². The molecular formula is C27H32N2O5. The molecule has 2 aromatic carbocycles. The number of likely N-dealkylation sites (tertiary alicyclic amines) is 1. The van der Waals surface area contributed by atoms with Gasteiger partial charge in [0.2, 0.25) is 0 Å². The number of carbonyl (C=O) groups is 2. The fourth-order valence-electron chi connectivity index (χ4n) is 4.05. The zero-order valence-corrected chi connectivity index (χ0v) is 20.2. The minimum Gasteiger partial charge on any atom is -0.507 e. The number of phenols is 1. The quantitative estimate of drug-likeness (QED) is 0.253. The summed E-state index contributed by atoms with van der Waals surface area (Å²) in [6, 6.07) is 9.46. The first-order valence-electron chi connectivity index (χ1n) is 11.2. The molecule has 1 aliphatic heterocycles. The van der Waals surface area contributed by atoms with Gasteiger partial charge in [-0.3, -0.25) is 9.59 Å². The van der Waals surface area contributed by atoms with Crippen molar-refractivity contribution in [3.8, 4) is 11.5 Å². The molecule has 0 spiro atoms. The molecule has 0 aromatic heterocycles. The number of nitrogens with zero attached hydrogens (tertiary/aromatic N) is 2. The van der Waals surface area contributed by atoms with Gasteiger partial charge in [0.05, 0.1) is 17.2 Å². The van der Waals surface area contributed by atoms with Gasteiger partial charge in [-0.2, -0.15) is 0 Å². The summed E-state index contributed by atoms with van der Waals surface area (Å²) in [5.41, 5.74) is 2.46. The number of carbonyl (C=O) groups excluding carboxylic acids is 2. The first-order valence-corrected chi connectivity index (χ1v) is 11.2. The molecule has 0 aliphatic carbocycles. The van der Waals surface area contributed by atoms with Crippen LogP contribution in [0.2, 0.25) is 0 Å². The number of phenolic OH excluding ortho intramolecular Hbond substituents is 1. The number of ether oxygens (including phenoxy) is 1. The van der Waals surface area contributed by atoms with Crippen LogP contribution in [0.25, 0.3) is 5.76 Å². The summed E-state index contributed by atoms with van der Waals surface area (Å²) in [7, 11) is 3.88. The van der Waals surface area contributed by atoms with Gasteiger partial charge in [-0.15, -0.1) is 0 Å². The van der Waals surface area contributed by atoms with E-state index in [1.54, 1.807) is 36.4 Å². The third kappa shape index (κ3) is 5.15. The Morgan fingerprint density at radius 3 is 2.41 bits per heavy atom. The lowest BCUT2D eigenvalue weighted by molar-refractivity contribution is -0.139. The van der Waals surface area contributed by atoms with E-state index < -0.39 is 17.7 Å². The highest BCUT2D eigenvalue weighted by molar-refractivity contribution is 6.46. The molecule has 7 heteroatoms. The molecule has 3 rings (SSSR count). The van der Waals surface area contributed by atoms with Gasteiger partial charge in [-0.1, -0.05) is 24.8 Å². The molecule has 34 heavy (non-hydrogen) atoms. The number of aliphatic hydroxyl groups is 1. The van der Waals surface area contributed by atoms with Crippen LogP contribution in [0.1, 0.15) is 34.7 Å². The zero-order chi connectivity index (χ0) is 25.0. The lowest BCUT2D eigenvalue weighted by Gasteiger charge is -2.26. The molecule has 0 bridgehead atoms. The number of amides is 1. The lowest BCUT2D eigenvalue weighted by atomic mass is 9.93. The molecule has 1 atom stereocenters. The number of Topliss-reactive ketones (excluding diaryl/α,β-unsaturated/α-hetero) is 1. The van der Waals surface area contributed by atoms with Gasteiger partial charge in [-0.05, 0) is 81.9 Å². The molecule has 2 aromatic rings. The maximum absolute atomic E-state index is 13.1. The van der Waals surface area contributed by atoms with E-state index >= 15 is 0 Å². The van der Waals surface area contributed by atoms with Gasteiger partial charge >= 0.3 is 0 Å². The van der Waals surface area contributed by atoms with Crippen LogP contribution in [0.4, 0.5) is 0 Å². The van der Waals surface area contributed by atoms with E-state index in [0.717, 1.165) is 17.7 Å². The second-order valence-corrected chi connectivity index (χ2v) is 8.77. The van der Waals surface area contributed by atoms with Crippen molar-refractivity contribution in [3.05, 3.63) is 76.9 Å². The molecule has 7 nitrogen and oxygen atoms in total. The summed E-state index contributed by atoms with van der Waals surface area (Å²) in [5.74, 6) is -1.34. The third-order valence-corrected chi connectivity index (χ3v) is 5.98. The average molecular weight is 465 g/mol. The van der Waals surface area contributed by atoms with Gasteiger partial charge in [-0.25, -0.2) is 0 Å². The first-order chi connectivity index (χ1) is 16.1. The van der Waals surface area contributed by atoms with Gasteiger partial charge < -0.3 is 24.7 Å². The largest absolute Gasteiger partial charge is 0.507 e. The second-order valence-electron chi connectivity index (χ2n) is 8.77. The van der Waals surface area contributed by atoms with E-state index in [4.69, 9.17) is 4.74 Å². The average Bonchev–Trinajstić information content (AvgIpc) is 3.04. The van der Waals surface area contributed by atoms with E-state index in [0.29, 0.717) is 30.9 Å². The number of benzene rings is 2. The number of aliphatic hydroxyl groups excluding tert-OH is 1. The summed E-state index contributed by atoms with van der Waals surface area (Å²) < 4.78 is 5.55. The smallest absolute Gasteiger partial charge is 0.295 e. The SMILES string of the molecule is C=CCOc1ccc([C@@H]2C(=C(O)c3cc(C)c(C)cc3O)C(=O)C(=O)N2CCCN(C)C)cc1. The molecule has 2 N–H and O–H groups in total. The molecule has 1 saturated heterocycles. The molecule has 0 unspecified atom stereocenters. The molecular weight excluding hydrogens is 432 g/mol. The highest BCUT2D eigenvalue weighted by Crippen LogP contribution is 2.41. The summed E-state index contributed by atoms with van der Waals surface area (Å²) in [6.07, 6.45) is 2.30.